The number of likely N-dealkylation sites (tertiary alicyclic amines) is 1. The molecule has 1 aromatic rings. The Kier molecular flexibility index (Phi) is 5.12. The number of carbonyl (C=O) groups excluding carboxylic acids is 4. The second-order valence-electron chi connectivity index (χ2n) is 7.50. The van der Waals surface area contributed by atoms with Crippen molar-refractivity contribution in [1.29, 1.82) is 0 Å². The molecular formula is C20H18Cl2N2O5. The highest BCUT2D eigenvalue weighted by Crippen LogP contribution is 2.52. The van der Waals surface area contributed by atoms with Crippen LogP contribution < -0.4 is 5.32 Å². The van der Waals surface area contributed by atoms with E-state index in [-0.39, 0.29) is 40.5 Å². The third-order valence-corrected chi connectivity index (χ3v) is 6.33. The lowest BCUT2D eigenvalue weighted by Gasteiger charge is -2.23. The Balaban J connectivity index is 1.35. The van der Waals surface area contributed by atoms with Crippen molar-refractivity contribution in [3.05, 3.63) is 40.4 Å². The van der Waals surface area contributed by atoms with Crippen molar-refractivity contribution in [2.24, 2.45) is 23.7 Å². The van der Waals surface area contributed by atoms with E-state index in [1.165, 1.54) is 19.1 Å². The molecule has 5 atom stereocenters. The van der Waals surface area contributed by atoms with Gasteiger partial charge in [0.1, 0.15) is 6.04 Å². The Bertz CT molecular complexity index is 917. The third kappa shape index (κ3) is 3.42. The molecule has 1 N–H and O–H groups in total. The van der Waals surface area contributed by atoms with E-state index in [0.29, 0.717) is 10.7 Å². The van der Waals surface area contributed by atoms with Crippen LogP contribution in [0.25, 0.3) is 0 Å². The van der Waals surface area contributed by atoms with Gasteiger partial charge in [-0.15, -0.1) is 0 Å². The van der Waals surface area contributed by atoms with Crippen LogP contribution in [0.4, 0.5) is 5.69 Å². The first-order valence-corrected chi connectivity index (χ1v) is 10.0. The van der Waals surface area contributed by atoms with Gasteiger partial charge in [-0.1, -0.05) is 35.4 Å². The van der Waals surface area contributed by atoms with Crippen LogP contribution in [0.15, 0.2) is 30.4 Å². The van der Waals surface area contributed by atoms with E-state index in [1.807, 2.05) is 12.2 Å². The smallest absolute Gasteiger partial charge is 0.329 e. The van der Waals surface area contributed by atoms with Crippen molar-refractivity contribution in [3.63, 3.8) is 0 Å². The summed E-state index contributed by atoms with van der Waals surface area (Å²) >= 11 is 11.8. The van der Waals surface area contributed by atoms with Crippen molar-refractivity contribution in [2.45, 2.75) is 19.4 Å². The standard InChI is InChI=1S/C20H18Cl2N2O5/c1-9(24-18(26)16-10-2-3-11(6-10)17(16)19(24)27)20(28)29-8-15(25)23-14-5-4-12(21)7-13(14)22/h2-5,7,9-11,16-17H,6,8H2,1H3,(H,23,25)/t9-,10+,11+,16-,17+/m1/s1. The first-order chi connectivity index (χ1) is 13.8. The number of hydrogen-bond donors (Lipinski definition) is 1. The topological polar surface area (TPSA) is 92.8 Å². The van der Waals surface area contributed by atoms with Crippen molar-refractivity contribution < 1.29 is 23.9 Å². The maximum Gasteiger partial charge on any atom is 0.329 e. The van der Waals surface area contributed by atoms with Gasteiger partial charge in [0.05, 0.1) is 22.5 Å². The summed E-state index contributed by atoms with van der Waals surface area (Å²) in [6.07, 6.45) is 4.78. The Morgan fingerprint density at radius 3 is 2.38 bits per heavy atom. The van der Waals surface area contributed by atoms with Gasteiger partial charge in [-0.2, -0.15) is 0 Å². The number of nitrogens with one attached hydrogen (secondary N) is 1. The predicted molar refractivity (Wildman–Crippen MR) is 105 cm³/mol. The zero-order valence-electron chi connectivity index (χ0n) is 15.4. The lowest BCUT2D eigenvalue weighted by Crippen LogP contribution is -2.45. The van der Waals surface area contributed by atoms with Gasteiger partial charge < -0.3 is 10.1 Å². The minimum Gasteiger partial charge on any atom is -0.454 e. The molecular weight excluding hydrogens is 419 g/mol. The van der Waals surface area contributed by atoms with Gasteiger partial charge in [0.25, 0.3) is 5.91 Å². The Hall–Kier alpha value is -2.38. The number of amides is 3. The van der Waals surface area contributed by atoms with Gasteiger partial charge in [-0.25, -0.2) is 4.79 Å². The number of rotatable bonds is 5. The van der Waals surface area contributed by atoms with Crippen molar-refractivity contribution in [1.82, 2.24) is 4.90 Å². The second kappa shape index (κ2) is 7.46. The quantitative estimate of drug-likeness (QED) is 0.435. The minimum atomic E-state index is -1.09. The van der Waals surface area contributed by atoms with E-state index in [4.69, 9.17) is 27.9 Å². The highest BCUT2D eigenvalue weighted by Gasteiger charge is 2.60. The van der Waals surface area contributed by atoms with Crippen LogP contribution in [0.5, 0.6) is 0 Å². The summed E-state index contributed by atoms with van der Waals surface area (Å²) in [5.41, 5.74) is 0.325. The van der Waals surface area contributed by atoms with Crippen molar-refractivity contribution in [2.75, 3.05) is 11.9 Å². The number of carbonyl (C=O) groups is 4. The number of hydrogen-bond acceptors (Lipinski definition) is 5. The molecule has 2 fully saturated rings. The normalized spacial score (nSPS) is 27.9. The molecule has 1 saturated carbocycles. The molecule has 1 aliphatic heterocycles. The third-order valence-electron chi connectivity index (χ3n) is 5.78. The first-order valence-electron chi connectivity index (χ1n) is 9.24. The molecule has 0 aromatic heterocycles. The molecule has 9 heteroatoms. The van der Waals surface area contributed by atoms with E-state index < -0.39 is 24.5 Å². The molecule has 7 nitrogen and oxygen atoms in total. The van der Waals surface area contributed by atoms with Crippen LogP contribution >= 0.6 is 23.2 Å². The average Bonchev–Trinajstić information content (AvgIpc) is 3.35. The highest BCUT2D eigenvalue weighted by molar-refractivity contribution is 6.36. The fraction of sp³-hybridized carbons (Fsp3) is 0.400. The van der Waals surface area contributed by atoms with Gasteiger partial charge in [0.15, 0.2) is 6.61 Å². The molecule has 3 amide bonds. The Morgan fingerprint density at radius 2 is 1.79 bits per heavy atom. The maximum atomic E-state index is 12.7. The van der Waals surface area contributed by atoms with Crippen LogP contribution in [0, 0.1) is 23.7 Å². The summed E-state index contributed by atoms with van der Waals surface area (Å²) in [5, 5.41) is 3.17. The zero-order valence-corrected chi connectivity index (χ0v) is 16.9. The molecule has 0 unspecified atom stereocenters. The summed E-state index contributed by atoms with van der Waals surface area (Å²) < 4.78 is 5.02. The van der Waals surface area contributed by atoms with Crippen molar-refractivity contribution in [3.8, 4) is 0 Å². The monoisotopic (exact) mass is 436 g/mol. The molecule has 2 bridgehead atoms. The number of imide groups is 1. The highest BCUT2D eigenvalue weighted by atomic mass is 35.5. The summed E-state index contributed by atoms with van der Waals surface area (Å²) in [5.74, 6) is -2.74. The number of allylic oxidation sites excluding steroid dienone is 2. The molecule has 3 aliphatic rings. The van der Waals surface area contributed by atoms with E-state index in [9.17, 15) is 19.2 Å². The number of benzene rings is 1. The number of fused-ring (bicyclic) bond motifs is 5. The van der Waals surface area contributed by atoms with Crippen LogP contribution in [-0.2, 0) is 23.9 Å². The fourth-order valence-corrected chi connectivity index (χ4v) is 4.90. The minimum absolute atomic E-state index is 0.0598. The number of halogens is 2. The van der Waals surface area contributed by atoms with E-state index >= 15 is 0 Å². The van der Waals surface area contributed by atoms with Crippen LogP contribution in [0.2, 0.25) is 10.0 Å². The van der Waals surface area contributed by atoms with Gasteiger partial charge >= 0.3 is 5.97 Å². The number of nitrogens with zero attached hydrogens (tertiary/aromatic N) is 1. The first kappa shape index (κ1) is 19.9. The molecule has 2 aliphatic carbocycles. The van der Waals surface area contributed by atoms with Gasteiger partial charge in [0, 0.05) is 5.02 Å². The molecule has 29 heavy (non-hydrogen) atoms. The van der Waals surface area contributed by atoms with E-state index in [1.54, 1.807) is 6.07 Å². The number of esters is 1. The lowest BCUT2D eigenvalue weighted by molar-refractivity contribution is -0.159. The van der Waals surface area contributed by atoms with E-state index in [2.05, 4.69) is 5.32 Å². The Labute approximate surface area is 177 Å². The largest absolute Gasteiger partial charge is 0.454 e. The molecule has 4 rings (SSSR count). The van der Waals surface area contributed by atoms with Crippen LogP contribution in [-0.4, -0.2) is 41.2 Å². The summed E-state index contributed by atoms with van der Waals surface area (Å²) in [4.78, 5) is 50.9. The average molecular weight is 437 g/mol. The lowest BCUT2D eigenvalue weighted by atomic mass is 9.85. The van der Waals surface area contributed by atoms with Gasteiger partial charge in [0.2, 0.25) is 11.8 Å². The van der Waals surface area contributed by atoms with Crippen molar-refractivity contribution >= 4 is 52.6 Å². The molecule has 1 saturated heterocycles. The zero-order chi connectivity index (χ0) is 20.9. The fourth-order valence-electron chi connectivity index (χ4n) is 4.45. The summed E-state index contributed by atoms with van der Waals surface area (Å²) in [6.45, 7) is 0.862. The maximum absolute atomic E-state index is 12.7. The summed E-state index contributed by atoms with van der Waals surface area (Å²) in [6, 6.07) is 3.46. The van der Waals surface area contributed by atoms with Crippen LogP contribution in [0.3, 0.4) is 0 Å². The predicted octanol–water partition coefficient (Wildman–Crippen LogP) is 2.67. The van der Waals surface area contributed by atoms with Crippen LogP contribution in [0.1, 0.15) is 13.3 Å². The number of ether oxygens (including phenoxy) is 1. The Morgan fingerprint density at radius 1 is 1.17 bits per heavy atom. The summed E-state index contributed by atoms with van der Waals surface area (Å²) in [7, 11) is 0. The molecule has 1 aromatic carbocycles. The SMILES string of the molecule is C[C@H](C(=O)OCC(=O)Nc1ccc(Cl)cc1Cl)N1C(=O)[C@@H]2[C@H](C1=O)[C@H]1C=C[C@H]2C1. The number of anilines is 1. The second-order valence-corrected chi connectivity index (χ2v) is 8.35. The molecule has 0 spiro atoms. The molecule has 1 heterocycles. The van der Waals surface area contributed by atoms with Gasteiger partial charge in [-0.3, -0.25) is 19.3 Å². The van der Waals surface area contributed by atoms with Gasteiger partial charge in [-0.05, 0) is 43.4 Å². The molecule has 0 radical (unpaired) electrons. The van der Waals surface area contributed by atoms with E-state index in [0.717, 1.165) is 11.3 Å². The molecule has 152 valence electrons.